The summed E-state index contributed by atoms with van der Waals surface area (Å²) in [7, 11) is 0. The van der Waals surface area contributed by atoms with Crippen LogP contribution in [-0.2, 0) is 11.3 Å². The van der Waals surface area contributed by atoms with E-state index in [0.29, 0.717) is 25.1 Å². The molecule has 3 heterocycles. The van der Waals surface area contributed by atoms with Gasteiger partial charge >= 0.3 is 6.09 Å². The van der Waals surface area contributed by atoms with Gasteiger partial charge in [0.15, 0.2) is 5.78 Å². The van der Waals surface area contributed by atoms with Crippen LogP contribution in [0.4, 0.5) is 4.79 Å². The molecule has 1 saturated heterocycles. The Morgan fingerprint density at radius 1 is 0.943 bits per heavy atom. The second-order valence-electron chi connectivity index (χ2n) is 9.16. The van der Waals surface area contributed by atoms with Crippen LogP contribution in [0.3, 0.4) is 0 Å². The normalized spacial score (nSPS) is 14.3. The highest BCUT2D eigenvalue weighted by Crippen LogP contribution is 2.27. The fourth-order valence-corrected chi connectivity index (χ4v) is 4.78. The number of fused-ring (bicyclic) bond motifs is 1. The van der Waals surface area contributed by atoms with Crippen molar-refractivity contribution < 1.29 is 14.3 Å². The highest BCUT2D eigenvalue weighted by molar-refractivity contribution is 5.96. The van der Waals surface area contributed by atoms with Gasteiger partial charge in [-0.2, -0.15) is 0 Å². The Hall–Kier alpha value is -3.93. The monoisotopic (exact) mass is 467 g/mol. The Morgan fingerprint density at radius 2 is 1.63 bits per heavy atom. The quantitative estimate of drug-likeness (QED) is 0.330. The SMILES string of the molecule is Cc1nc2ccc(C(=O)CC3CCN(C(=O)OCc4ccccc4)CC3)cn2c1-c1ccccc1. The van der Waals surface area contributed by atoms with Crippen LogP contribution < -0.4 is 0 Å². The van der Waals surface area contributed by atoms with Crippen molar-refractivity contribution in [2.24, 2.45) is 5.92 Å². The van der Waals surface area contributed by atoms with Crippen LogP contribution in [0.2, 0.25) is 0 Å². The number of ether oxygens (including phenoxy) is 1. The van der Waals surface area contributed by atoms with Crippen LogP contribution >= 0.6 is 0 Å². The summed E-state index contributed by atoms with van der Waals surface area (Å²) >= 11 is 0. The van der Waals surface area contributed by atoms with E-state index in [9.17, 15) is 9.59 Å². The number of benzene rings is 2. The first kappa shape index (κ1) is 22.8. The molecule has 5 rings (SSSR count). The first-order valence-electron chi connectivity index (χ1n) is 12.1. The number of likely N-dealkylation sites (tertiary alicyclic amines) is 1. The number of amides is 1. The van der Waals surface area contributed by atoms with Crippen molar-refractivity contribution in [2.75, 3.05) is 13.1 Å². The Balaban J connectivity index is 1.20. The summed E-state index contributed by atoms with van der Waals surface area (Å²) in [6.45, 7) is 3.50. The number of carbonyl (C=O) groups is 2. The summed E-state index contributed by atoms with van der Waals surface area (Å²) in [5, 5.41) is 0. The van der Waals surface area contributed by atoms with E-state index in [0.717, 1.165) is 41.0 Å². The number of hydrogen-bond acceptors (Lipinski definition) is 4. The minimum atomic E-state index is -0.284. The molecule has 2 aromatic carbocycles. The van der Waals surface area contributed by atoms with Crippen molar-refractivity contribution in [1.82, 2.24) is 14.3 Å². The molecule has 0 unspecified atom stereocenters. The second-order valence-corrected chi connectivity index (χ2v) is 9.16. The van der Waals surface area contributed by atoms with Gasteiger partial charge in [-0.1, -0.05) is 60.7 Å². The molecule has 6 nitrogen and oxygen atoms in total. The molecule has 2 aromatic heterocycles. The molecule has 0 atom stereocenters. The zero-order valence-corrected chi connectivity index (χ0v) is 19.9. The molecule has 1 fully saturated rings. The molecule has 0 aliphatic carbocycles. The van der Waals surface area contributed by atoms with Gasteiger partial charge < -0.3 is 9.64 Å². The molecular formula is C29H29N3O3. The van der Waals surface area contributed by atoms with Crippen molar-refractivity contribution in [3.63, 3.8) is 0 Å². The van der Waals surface area contributed by atoms with Crippen molar-refractivity contribution in [3.8, 4) is 11.3 Å². The molecule has 35 heavy (non-hydrogen) atoms. The lowest BCUT2D eigenvalue weighted by molar-refractivity contribution is 0.0783. The number of hydrogen-bond donors (Lipinski definition) is 0. The minimum Gasteiger partial charge on any atom is -0.445 e. The number of imidazole rings is 1. The molecule has 4 aromatic rings. The zero-order chi connectivity index (χ0) is 24.2. The summed E-state index contributed by atoms with van der Waals surface area (Å²) < 4.78 is 7.47. The maximum Gasteiger partial charge on any atom is 0.410 e. The summed E-state index contributed by atoms with van der Waals surface area (Å²) in [4.78, 5) is 32.0. The summed E-state index contributed by atoms with van der Waals surface area (Å²) in [5.74, 6) is 0.386. The Bertz CT molecular complexity index is 1320. The number of carbonyl (C=O) groups excluding carboxylic acids is 2. The Kier molecular flexibility index (Phi) is 6.62. The number of piperidine rings is 1. The highest BCUT2D eigenvalue weighted by Gasteiger charge is 2.26. The van der Waals surface area contributed by atoms with E-state index >= 15 is 0 Å². The molecule has 0 N–H and O–H groups in total. The first-order valence-corrected chi connectivity index (χ1v) is 12.1. The summed E-state index contributed by atoms with van der Waals surface area (Å²) in [6.07, 6.45) is 3.71. The molecule has 0 bridgehead atoms. The number of nitrogens with zero attached hydrogens (tertiary/aromatic N) is 3. The van der Waals surface area contributed by atoms with Crippen molar-refractivity contribution >= 4 is 17.5 Å². The van der Waals surface area contributed by atoms with Crippen LogP contribution in [-0.4, -0.2) is 39.3 Å². The lowest BCUT2D eigenvalue weighted by Crippen LogP contribution is -2.39. The van der Waals surface area contributed by atoms with Gasteiger partial charge in [0.2, 0.25) is 0 Å². The summed E-state index contributed by atoms with van der Waals surface area (Å²) in [6, 6.07) is 23.6. The molecule has 178 valence electrons. The van der Waals surface area contributed by atoms with Crippen LogP contribution in [0, 0.1) is 12.8 Å². The third-order valence-corrected chi connectivity index (χ3v) is 6.71. The zero-order valence-electron chi connectivity index (χ0n) is 19.9. The molecule has 1 aliphatic rings. The number of Topliss-reactive ketones (excluding diaryl/α,β-unsaturated/α-hetero) is 1. The lowest BCUT2D eigenvalue weighted by Gasteiger charge is -2.31. The number of aryl methyl sites for hydroxylation is 1. The fraction of sp³-hybridized carbons (Fsp3) is 0.276. The standard InChI is InChI=1S/C29H29N3O3/c1-21-28(24-10-6-3-7-11-24)32-19-25(12-13-27(32)30-21)26(33)18-22-14-16-31(17-15-22)29(34)35-20-23-8-4-2-5-9-23/h2-13,19,22H,14-18,20H2,1H3. The number of pyridine rings is 1. The van der Waals surface area contributed by atoms with E-state index < -0.39 is 0 Å². The summed E-state index contributed by atoms with van der Waals surface area (Å²) in [5.41, 5.74) is 5.53. The molecule has 0 spiro atoms. The van der Waals surface area contributed by atoms with Gasteiger partial charge in [-0.25, -0.2) is 9.78 Å². The van der Waals surface area contributed by atoms with Gasteiger partial charge in [0, 0.05) is 36.8 Å². The van der Waals surface area contributed by atoms with E-state index in [1.54, 1.807) is 4.90 Å². The van der Waals surface area contributed by atoms with Crippen LogP contribution in [0.25, 0.3) is 16.9 Å². The van der Waals surface area contributed by atoms with Gasteiger partial charge in [-0.15, -0.1) is 0 Å². The third kappa shape index (κ3) is 5.11. The lowest BCUT2D eigenvalue weighted by atomic mass is 9.90. The average Bonchev–Trinajstić information content (AvgIpc) is 3.23. The molecular weight excluding hydrogens is 438 g/mol. The van der Waals surface area contributed by atoms with Crippen LogP contribution in [0.1, 0.15) is 40.9 Å². The van der Waals surface area contributed by atoms with E-state index in [1.165, 1.54) is 0 Å². The maximum atomic E-state index is 13.1. The smallest absolute Gasteiger partial charge is 0.410 e. The third-order valence-electron chi connectivity index (χ3n) is 6.71. The molecule has 6 heteroatoms. The van der Waals surface area contributed by atoms with E-state index in [2.05, 4.69) is 17.1 Å². The number of aromatic nitrogens is 2. The maximum absolute atomic E-state index is 13.1. The predicted octanol–water partition coefficient (Wildman–Crippen LogP) is 5.93. The molecule has 0 saturated carbocycles. The van der Waals surface area contributed by atoms with Gasteiger partial charge in [0.25, 0.3) is 0 Å². The average molecular weight is 468 g/mol. The number of rotatable bonds is 6. The Morgan fingerprint density at radius 3 is 2.34 bits per heavy atom. The number of ketones is 1. The Labute approximate surface area is 205 Å². The van der Waals surface area contributed by atoms with E-state index in [-0.39, 0.29) is 24.4 Å². The topological polar surface area (TPSA) is 63.9 Å². The van der Waals surface area contributed by atoms with Gasteiger partial charge in [0.05, 0.1) is 11.4 Å². The van der Waals surface area contributed by atoms with Crippen LogP contribution in [0.15, 0.2) is 79.0 Å². The largest absolute Gasteiger partial charge is 0.445 e. The highest BCUT2D eigenvalue weighted by atomic mass is 16.6. The first-order chi connectivity index (χ1) is 17.1. The molecule has 1 amide bonds. The van der Waals surface area contributed by atoms with Crippen molar-refractivity contribution in [1.29, 1.82) is 0 Å². The van der Waals surface area contributed by atoms with E-state index in [1.807, 2.05) is 78.2 Å². The van der Waals surface area contributed by atoms with Crippen molar-refractivity contribution in [3.05, 3.63) is 95.8 Å². The predicted molar refractivity (Wildman–Crippen MR) is 135 cm³/mol. The fourth-order valence-electron chi connectivity index (χ4n) is 4.78. The van der Waals surface area contributed by atoms with Gasteiger partial charge in [0.1, 0.15) is 12.3 Å². The van der Waals surface area contributed by atoms with E-state index in [4.69, 9.17) is 4.74 Å². The molecule has 1 aliphatic heterocycles. The van der Waals surface area contributed by atoms with Crippen molar-refractivity contribution in [2.45, 2.75) is 32.8 Å². The van der Waals surface area contributed by atoms with Gasteiger partial charge in [-0.05, 0) is 43.4 Å². The van der Waals surface area contributed by atoms with Gasteiger partial charge in [-0.3, -0.25) is 9.20 Å². The molecule has 0 radical (unpaired) electrons. The minimum absolute atomic E-state index is 0.127. The second kappa shape index (κ2) is 10.1. The van der Waals surface area contributed by atoms with Crippen LogP contribution in [0.5, 0.6) is 0 Å².